The smallest absolute Gasteiger partial charge is 0.229 e. The average molecular weight is 305 g/mol. The SMILES string of the molecule is CCNC1COCC1C(=O)N1CCN(S(C)(=O)=O)CC1. The van der Waals surface area contributed by atoms with E-state index in [1.807, 2.05) is 6.92 Å². The second kappa shape index (κ2) is 6.38. The number of amides is 1. The second-order valence-corrected chi connectivity index (χ2v) is 7.28. The summed E-state index contributed by atoms with van der Waals surface area (Å²) in [4.78, 5) is 14.2. The number of rotatable bonds is 4. The zero-order valence-corrected chi connectivity index (χ0v) is 12.9. The fourth-order valence-corrected chi connectivity index (χ4v) is 3.56. The van der Waals surface area contributed by atoms with Gasteiger partial charge in [0, 0.05) is 32.2 Å². The molecule has 2 aliphatic rings. The Balaban J connectivity index is 1.91. The lowest BCUT2D eigenvalue weighted by atomic mass is 10.0. The van der Waals surface area contributed by atoms with Crippen LogP contribution in [0.1, 0.15) is 6.92 Å². The third-order valence-corrected chi connectivity index (χ3v) is 5.19. The number of hydrogen-bond donors (Lipinski definition) is 1. The number of carbonyl (C=O) groups is 1. The summed E-state index contributed by atoms with van der Waals surface area (Å²) in [6.45, 7) is 5.50. The zero-order valence-electron chi connectivity index (χ0n) is 12.0. The predicted octanol–water partition coefficient (Wildman–Crippen LogP) is -1.29. The van der Waals surface area contributed by atoms with Gasteiger partial charge >= 0.3 is 0 Å². The molecule has 8 heteroatoms. The van der Waals surface area contributed by atoms with E-state index in [1.165, 1.54) is 10.6 Å². The van der Waals surface area contributed by atoms with Crippen molar-refractivity contribution in [3.63, 3.8) is 0 Å². The maximum absolute atomic E-state index is 12.5. The van der Waals surface area contributed by atoms with Gasteiger partial charge in [0.25, 0.3) is 0 Å². The van der Waals surface area contributed by atoms with Crippen LogP contribution in [0.5, 0.6) is 0 Å². The van der Waals surface area contributed by atoms with Crippen molar-refractivity contribution in [2.24, 2.45) is 5.92 Å². The maximum Gasteiger partial charge on any atom is 0.229 e. The number of likely N-dealkylation sites (N-methyl/N-ethyl adjacent to an activating group) is 1. The summed E-state index contributed by atoms with van der Waals surface area (Å²) >= 11 is 0. The van der Waals surface area contributed by atoms with Crippen molar-refractivity contribution in [3.05, 3.63) is 0 Å². The van der Waals surface area contributed by atoms with Crippen molar-refractivity contribution in [2.75, 3.05) is 52.2 Å². The molecule has 2 saturated heterocycles. The van der Waals surface area contributed by atoms with Gasteiger partial charge in [0.05, 0.1) is 25.4 Å². The van der Waals surface area contributed by atoms with Crippen molar-refractivity contribution in [1.82, 2.24) is 14.5 Å². The molecule has 0 saturated carbocycles. The Hall–Kier alpha value is -0.700. The van der Waals surface area contributed by atoms with E-state index in [1.54, 1.807) is 4.90 Å². The number of nitrogens with one attached hydrogen (secondary N) is 1. The molecule has 7 nitrogen and oxygen atoms in total. The summed E-state index contributed by atoms with van der Waals surface area (Å²) in [6, 6.07) is 0.0698. The summed E-state index contributed by atoms with van der Waals surface area (Å²) in [5.74, 6) is -0.0821. The van der Waals surface area contributed by atoms with Gasteiger partial charge in [0.2, 0.25) is 15.9 Å². The van der Waals surface area contributed by atoms with E-state index in [-0.39, 0.29) is 17.9 Å². The largest absolute Gasteiger partial charge is 0.379 e. The quantitative estimate of drug-likeness (QED) is 0.699. The van der Waals surface area contributed by atoms with Crippen LogP contribution in [0.4, 0.5) is 0 Å². The number of hydrogen-bond acceptors (Lipinski definition) is 5. The standard InChI is InChI=1S/C12H23N3O4S/c1-3-13-11-9-19-8-10(11)12(16)14-4-6-15(7-5-14)20(2,17)18/h10-11,13H,3-9H2,1-2H3. The number of nitrogens with zero attached hydrogens (tertiary/aromatic N) is 2. The Kier molecular flexibility index (Phi) is 5.00. The van der Waals surface area contributed by atoms with Gasteiger partial charge in [-0.3, -0.25) is 4.79 Å². The third-order valence-electron chi connectivity index (χ3n) is 3.88. The lowest BCUT2D eigenvalue weighted by Gasteiger charge is -2.35. The lowest BCUT2D eigenvalue weighted by Crippen LogP contribution is -2.54. The highest BCUT2D eigenvalue weighted by atomic mass is 32.2. The molecule has 0 aromatic heterocycles. The molecule has 0 aromatic rings. The average Bonchev–Trinajstić information content (AvgIpc) is 2.86. The van der Waals surface area contributed by atoms with Gasteiger partial charge in [-0.05, 0) is 6.54 Å². The van der Waals surface area contributed by atoms with Crippen molar-refractivity contribution >= 4 is 15.9 Å². The number of ether oxygens (including phenoxy) is 1. The minimum Gasteiger partial charge on any atom is -0.379 e. The van der Waals surface area contributed by atoms with E-state index in [4.69, 9.17) is 4.74 Å². The van der Waals surface area contributed by atoms with Crippen LogP contribution in [0.15, 0.2) is 0 Å². The highest BCUT2D eigenvalue weighted by Crippen LogP contribution is 2.18. The van der Waals surface area contributed by atoms with Crippen LogP contribution in [-0.2, 0) is 19.6 Å². The summed E-state index contributed by atoms with van der Waals surface area (Å²) in [7, 11) is -3.16. The second-order valence-electron chi connectivity index (χ2n) is 5.30. The Morgan fingerprint density at radius 3 is 2.45 bits per heavy atom. The normalized spacial score (nSPS) is 28.8. The van der Waals surface area contributed by atoms with Gasteiger partial charge in [-0.1, -0.05) is 6.92 Å². The van der Waals surface area contributed by atoms with E-state index in [9.17, 15) is 13.2 Å². The topological polar surface area (TPSA) is 79.0 Å². The Bertz CT molecular complexity index is 446. The summed E-state index contributed by atoms with van der Waals surface area (Å²) < 4.78 is 29.7. The molecule has 0 aromatic carbocycles. The first-order valence-corrected chi connectivity index (χ1v) is 8.83. The van der Waals surface area contributed by atoms with Crippen LogP contribution in [0.25, 0.3) is 0 Å². The molecule has 2 rings (SSSR count). The zero-order chi connectivity index (χ0) is 14.8. The molecule has 20 heavy (non-hydrogen) atoms. The van der Waals surface area contributed by atoms with Crippen molar-refractivity contribution in [3.8, 4) is 0 Å². The van der Waals surface area contributed by atoms with Gasteiger partial charge in [0.15, 0.2) is 0 Å². The highest BCUT2D eigenvalue weighted by Gasteiger charge is 2.37. The lowest BCUT2D eigenvalue weighted by molar-refractivity contribution is -0.137. The van der Waals surface area contributed by atoms with E-state index in [2.05, 4.69) is 5.32 Å². The van der Waals surface area contributed by atoms with Crippen LogP contribution in [-0.4, -0.2) is 81.8 Å². The summed E-state index contributed by atoms with van der Waals surface area (Å²) in [5.41, 5.74) is 0. The first-order chi connectivity index (χ1) is 9.43. The highest BCUT2D eigenvalue weighted by molar-refractivity contribution is 7.88. The van der Waals surface area contributed by atoms with Crippen molar-refractivity contribution < 1.29 is 17.9 Å². The Morgan fingerprint density at radius 2 is 1.90 bits per heavy atom. The van der Waals surface area contributed by atoms with Gasteiger partial charge in [-0.25, -0.2) is 8.42 Å². The number of carbonyl (C=O) groups excluding carboxylic acids is 1. The third kappa shape index (κ3) is 3.49. The first kappa shape index (κ1) is 15.7. The summed E-state index contributed by atoms with van der Waals surface area (Å²) in [5, 5.41) is 3.27. The van der Waals surface area contributed by atoms with Crippen LogP contribution in [0, 0.1) is 5.92 Å². The molecule has 1 N–H and O–H groups in total. The fourth-order valence-electron chi connectivity index (χ4n) is 2.74. The molecule has 1 amide bonds. The van der Waals surface area contributed by atoms with Crippen LogP contribution in [0.2, 0.25) is 0 Å². The van der Waals surface area contributed by atoms with E-state index in [0.29, 0.717) is 39.4 Å². The Morgan fingerprint density at radius 1 is 1.25 bits per heavy atom. The molecule has 2 unspecified atom stereocenters. The molecule has 2 aliphatic heterocycles. The van der Waals surface area contributed by atoms with Crippen molar-refractivity contribution in [2.45, 2.75) is 13.0 Å². The molecule has 2 fully saturated rings. The van der Waals surface area contributed by atoms with E-state index < -0.39 is 10.0 Å². The fraction of sp³-hybridized carbons (Fsp3) is 0.917. The molecular weight excluding hydrogens is 282 g/mol. The minimum atomic E-state index is -3.16. The van der Waals surface area contributed by atoms with Crippen LogP contribution in [0.3, 0.4) is 0 Å². The predicted molar refractivity (Wildman–Crippen MR) is 74.8 cm³/mol. The van der Waals surface area contributed by atoms with E-state index >= 15 is 0 Å². The molecule has 0 bridgehead atoms. The molecule has 2 heterocycles. The minimum absolute atomic E-state index is 0.0698. The number of sulfonamides is 1. The van der Waals surface area contributed by atoms with Gasteiger partial charge in [-0.15, -0.1) is 0 Å². The monoisotopic (exact) mass is 305 g/mol. The first-order valence-electron chi connectivity index (χ1n) is 6.98. The maximum atomic E-state index is 12.5. The molecule has 0 radical (unpaired) electrons. The van der Waals surface area contributed by atoms with Crippen molar-refractivity contribution in [1.29, 1.82) is 0 Å². The molecule has 2 atom stereocenters. The molecule has 0 aliphatic carbocycles. The van der Waals surface area contributed by atoms with Crippen LogP contribution < -0.4 is 5.32 Å². The van der Waals surface area contributed by atoms with Gasteiger partial charge in [0.1, 0.15) is 0 Å². The Labute approximate surface area is 120 Å². The van der Waals surface area contributed by atoms with Gasteiger partial charge < -0.3 is 15.0 Å². The molecule has 0 spiro atoms. The molecular formula is C12H23N3O4S. The van der Waals surface area contributed by atoms with E-state index in [0.717, 1.165) is 6.54 Å². The van der Waals surface area contributed by atoms with Gasteiger partial charge in [-0.2, -0.15) is 4.31 Å². The number of piperazine rings is 1. The molecule has 116 valence electrons. The van der Waals surface area contributed by atoms with Crippen LogP contribution >= 0.6 is 0 Å². The summed E-state index contributed by atoms with van der Waals surface area (Å²) in [6.07, 6.45) is 1.20.